The number of carbonyl (C=O) groups excluding carboxylic acids is 1. The Morgan fingerprint density at radius 1 is 1.08 bits per heavy atom. The van der Waals surface area contributed by atoms with Gasteiger partial charge in [-0.3, -0.25) is 9.69 Å². The summed E-state index contributed by atoms with van der Waals surface area (Å²) in [5.41, 5.74) is 1.12. The summed E-state index contributed by atoms with van der Waals surface area (Å²) in [5, 5.41) is 2.12. The third-order valence-electron chi connectivity index (χ3n) is 4.97. The van der Waals surface area contributed by atoms with Gasteiger partial charge in [0.25, 0.3) is 0 Å². The van der Waals surface area contributed by atoms with Gasteiger partial charge in [-0.1, -0.05) is 12.1 Å². The van der Waals surface area contributed by atoms with E-state index in [9.17, 15) is 4.79 Å². The molecular formula is C20H24N2O3S. The molecule has 0 unspecified atom stereocenters. The van der Waals surface area contributed by atoms with E-state index >= 15 is 0 Å². The molecule has 4 rings (SSSR count). The Morgan fingerprint density at radius 2 is 2.00 bits per heavy atom. The van der Waals surface area contributed by atoms with E-state index in [1.54, 1.807) is 11.3 Å². The van der Waals surface area contributed by atoms with Crippen molar-refractivity contribution in [3.8, 4) is 11.5 Å². The predicted octanol–water partition coefficient (Wildman–Crippen LogP) is 3.14. The predicted molar refractivity (Wildman–Crippen MR) is 102 cm³/mol. The van der Waals surface area contributed by atoms with Crippen LogP contribution in [0.3, 0.4) is 0 Å². The van der Waals surface area contributed by atoms with Crippen molar-refractivity contribution in [1.82, 2.24) is 9.80 Å². The Hall–Kier alpha value is -2.05. The van der Waals surface area contributed by atoms with Crippen molar-refractivity contribution in [2.45, 2.75) is 25.8 Å². The van der Waals surface area contributed by atoms with Crippen LogP contribution in [0, 0.1) is 0 Å². The zero-order valence-corrected chi connectivity index (χ0v) is 15.7. The Balaban J connectivity index is 1.27. The lowest BCUT2D eigenvalue weighted by atomic mass is 10.1. The first-order valence-corrected chi connectivity index (χ1v) is 10.1. The van der Waals surface area contributed by atoms with E-state index in [0.717, 1.165) is 62.6 Å². The highest BCUT2D eigenvalue weighted by Gasteiger charge is 2.20. The third kappa shape index (κ3) is 4.19. The minimum absolute atomic E-state index is 0.251. The van der Waals surface area contributed by atoms with Crippen molar-refractivity contribution in [2.75, 3.05) is 33.0 Å². The fraction of sp³-hybridized carbons (Fsp3) is 0.450. The quantitative estimate of drug-likeness (QED) is 0.809. The standard InChI is InChI=1S/C20H24N2O3S/c23-20(7-5-16-4-6-18-19(13-16)25-15-24-18)22-9-2-8-21(10-11-22)14-17-3-1-12-26-17/h1,3-4,6,12-13H,2,5,7-11,14-15H2. The number of amides is 1. The molecule has 2 aromatic rings. The van der Waals surface area contributed by atoms with Gasteiger partial charge in [0.15, 0.2) is 11.5 Å². The minimum Gasteiger partial charge on any atom is -0.454 e. The molecule has 2 aliphatic heterocycles. The van der Waals surface area contributed by atoms with Crippen LogP contribution in [0.5, 0.6) is 11.5 Å². The number of aryl methyl sites for hydroxylation is 1. The smallest absolute Gasteiger partial charge is 0.231 e. The van der Waals surface area contributed by atoms with Crippen LogP contribution in [0.1, 0.15) is 23.3 Å². The number of rotatable bonds is 5. The van der Waals surface area contributed by atoms with Gasteiger partial charge in [0.05, 0.1) is 0 Å². The summed E-state index contributed by atoms with van der Waals surface area (Å²) in [6, 6.07) is 10.2. The zero-order valence-electron chi connectivity index (χ0n) is 14.9. The molecule has 1 aromatic heterocycles. The number of hydrogen-bond acceptors (Lipinski definition) is 5. The van der Waals surface area contributed by atoms with Gasteiger partial charge in [-0.25, -0.2) is 0 Å². The maximum absolute atomic E-state index is 12.6. The summed E-state index contributed by atoms with van der Waals surface area (Å²) in [6.07, 6.45) is 2.33. The molecule has 0 radical (unpaired) electrons. The van der Waals surface area contributed by atoms with Crippen LogP contribution in [-0.4, -0.2) is 48.7 Å². The maximum Gasteiger partial charge on any atom is 0.231 e. The van der Waals surface area contributed by atoms with Crippen molar-refractivity contribution >= 4 is 17.2 Å². The first-order chi connectivity index (χ1) is 12.8. The molecule has 0 spiro atoms. The van der Waals surface area contributed by atoms with E-state index in [-0.39, 0.29) is 12.7 Å². The second kappa shape index (κ2) is 8.10. The largest absolute Gasteiger partial charge is 0.454 e. The lowest BCUT2D eigenvalue weighted by Gasteiger charge is -2.21. The van der Waals surface area contributed by atoms with Gasteiger partial charge >= 0.3 is 0 Å². The van der Waals surface area contributed by atoms with Crippen LogP contribution < -0.4 is 9.47 Å². The van der Waals surface area contributed by atoms with Crippen molar-refractivity contribution in [3.63, 3.8) is 0 Å². The summed E-state index contributed by atoms with van der Waals surface area (Å²) in [7, 11) is 0. The number of nitrogens with zero attached hydrogens (tertiary/aromatic N) is 2. The molecule has 138 valence electrons. The molecule has 2 aliphatic rings. The van der Waals surface area contributed by atoms with Crippen LogP contribution in [-0.2, 0) is 17.8 Å². The molecule has 6 heteroatoms. The molecule has 3 heterocycles. The van der Waals surface area contributed by atoms with E-state index < -0.39 is 0 Å². The van der Waals surface area contributed by atoms with Gasteiger partial charge in [0.2, 0.25) is 12.7 Å². The zero-order chi connectivity index (χ0) is 17.8. The Kier molecular flexibility index (Phi) is 5.41. The summed E-state index contributed by atoms with van der Waals surface area (Å²) in [5.74, 6) is 1.83. The van der Waals surface area contributed by atoms with E-state index in [0.29, 0.717) is 6.42 Å². The van der Waals surface area contributed by atoms with Crippen molar-refractivity contribution in [1.29, 1.82) is 0 Å². The number of thiophene rings is 1. The molecule has 1 saturated heterocycles. The van der Waals surface area contributed by atoms with E-state index in [2.05, 4.69) is 22.4 Å². The normalized spacial score (nSPS) is 17.3. The Morgan fingerprint density at radius 3 is 2.88 bits per heavy atom. The molecule has 0 atom stereocenters. The van der Waals surface area contributed by atoms with Crippen LogP contribution in [0.25, 0.3) is 0 Å². The second-order valence-corrected chi connectivity index (χ2v) is 7.81. The highest BCUT2D eigenvalue weighted by atomic mass is 32.1. The highest BCUT2D eigenvalue weighted by Crippen LogP contribution is 2.32. The molecule has 1 fully saturated rings. The fourth-order valence-corrected chi connectivity index (χ4v) is 4.25. The number of benzene rings is 1. The monoisotopic (exact) mass is 372 g/mol. The van der Waals surface area contributed by atoms with Gasteiger partial charge in [0.1, 0.15) is 0 Å². The molecule has 1 aromatic carbocycles. The summed E-state index contributed by atoms with van der Waals surface area (Å²) in [4.78, 5) is 18.5. The summed E-state index contributed by atoms with van der Waals surface area (Å²) in [6.45, 7) is 4.98. The molecule has 0 saturated carbocycles. The highest BCUT2D eigenvalue weighted by molar-refractivity contribution is 7.09. The summed E-state index contributed by atoms with van der Waals surface area (Å²) < 4.78 is 10.7. The average Bonchev–Trinajstić information content (AvgIpc) is 3.27. The van der Waals surface area contributed by atoms with Crippen molar-refractivity contribution in [2.24, 2.45) is 0 Å². The second-order valence-electron chi connectivity index (χ2n) is 6.78. The first-order valence-electron chi connectivity index (χ1n) is 9.19. The van der Waals surface area contributed by atoms with Gasteiger partial charge < -0.3 is 14.4 Å². The maximum atomic E-state index is 12.6. The lowest BCUT2D eigenvalue weighted by molar-refractivity contribution is -0.131. The average molecular weight is 372 g/mol. The topological polar surface area (TPSA) is 42.0 Å². The van der Waals surface area contributed by atoms with Gasteiger partial charge in [-0.2, -0.15) is 0 Å². The van der Waals surface area contributed by atoms with E-state index in [1.807, 2.05) is 23.1 Å². The van der Waals surface area contributed by atoms with E-state index in [4.69, 9.17) is 9.47 Å². The molecule has 0 N–H and O–H groups in total. The molecule has 1 amide bonds. The lowest BCUT2D eigenvalue weighted by Crippen LogP contribution is -2.35. The number of hydrogen-bond donors (Lipinski definition) is 0. The van der Waals surface area contributed by atoms with Crippen molar-refractivity contribution < 1.29 is 14.3 Å². The number of carbonyl (C=O) groups is 1. The third-order valence-corrected chi connectivity index (χ3v) is 5.83. The van der Waals surface area contributed by atoms with Crippen LogP contribution in [0.2, 0.25) is 0 Å². The molecule has 0 aliphatic carbocycles. The van der Waals surface area contributed by atoms with E-state index in [1.165, 1.54) is 4.88 Å². The number of ether oxygens (including phenoxy) is 2. The van der Waals surface area contributed by atoms with Crippen LogP contribution in [0.4, 0.5) is 0 Å². The Bertz CT molecular complexity index is 748. The van der Waals surface area contributed by atoms with Crippen molar-refractivity contribution in [3.05, 3.63) is 46.2 Å². The van der Waals surface area contributed by atoms with Gasteiger partial charge in [-0.05, 0) is 42.0 Å². The Labute approximate surface area is 158 Å². The molecule has 26 heavy (non-hydrogen) atoms. The minimum atomic E-state index is 0.251. The molecule has 5 nitrogen and oxygen atoms in total. The number of fused-ring (bicyclic) bond motifs is 1. The van der Waals surface area contributed by atoms with Gasteiger partial charge in [0, 0.05) is 44.0 Å². The van der Waals surface area contributed by atoms with Gasteiger partial charge in [-0.15, -0.1) is 11.3 Å². The summed E-state index contributed by atoms with van der Waals surface area (Å²) >= 11 is 1.80. The fourth-order valence-electron chi connectivity index (χ4n) is 3.51. The molecule has 0 bridgehead atoms. The van der Waals surface area contributed by atoms with Crippen LogP contribution >= 0.6 is 11.3 Å². The SMILES string of the molecule is O=C(CCc1ccc2c(c1)OCO2)N1CCCN(Cc2cccs2)CC1. The first kappa shape index (κ1) is 17.4. The van der Waals surface area contributed by atoms with Crippen LogP contribution in [0.15, 0.2) is 35.7 Å². The molecular weight excluding hydrogens is 348 g/mol.